The van der Waals surface area contributed by atoms with Crippen molar-refractivity contribution in [3.8, 4) is 0 Å². The summed E-state index contributed by atoms with van der Waals surface area (Å²) in [7, 11) is 0. The Kier molecular flexibility index (Phi) is 2.65. The number of carbonyl (C=O) groups is 2. The highest BCUT2D eigenvalue weighted by molar-refractivity contribution is 5.97. The number of esters is 1. The number of anilines is 1. The number of carbonyl (C=O) groups excluding carboxylic acids is 2. The van der Waals surface area contributed by atoms with Gasteiger partial charge >= 0.3 is 5.97 Å². The molecule has 1 saturated heterocycles. The summed E-state index contributed by atoms with van der Waals surface area (Å²) >= 11 is 0. The summed E-state index contributed by atoms with van der Waals surface area (Å²) in [6.45, 7) is 4.03. The molecule has 4 nitrogen and oxygen atoms in total. The molecule has 3 fully saturated rings. The molecule has 1 amide bonds. The summed E-state index contributed by atoms with van der Waals surface area (Å²) in [5.74, 6) is -0.0121. The van der Waals surface area contributed by atoms with Crippen LogP contribution in [0.25, 0.3) is 0 Å². The van der Waals surface area contributed by atoms with E-state index in [4.69, 9.17) is 4.74 Å². The molecule has 0 unspecified atom stereocenters. The van der Waals surface area contributed by atoms with Crippen molar-refractivity contribution in [1.82, 2.24) is 0 Å². The molecule has 1 N–H and O–H groups in total. The molecule has 1 heterocycles. The van der Waals surface area contributed by atoms with Gasteiger partial charge in [-0.25, -0.2) is 0 Å². The van der Waals surface area contributed by atoms with Crippen LogP contribution in [0.2, 0.25) is 0 Å². The molecule has 1 aromatic carbocycles. The quantitative estimate of drug-likeness (QED) is 0.849. The van der Waals surface area contributed by atoms with Crippen LogP contribution in [0, 0.1) is 37.5 Å². The largest absolute Gasteiger partial charge is 0.462 e. The van der Waals surface area contributed by atoms with Crippen LogP contribution in [0.15, 0.2) is 18.2 Å². The Morgan fingerprint density at radius 3 is 2.62 bits per heavy atom. The molecular formula is C17H19NO3. The van der Waals surface area contributed by atoms with E-state index in [1.165, 1.54) is 0 Å². The predicted octanol–water partition coefficient (Wildman–Crippen LogP) is 2.44. The van der Waals surface area contributed by atoms with Crippen molar-refractivity contribution < 1.29 is 14.3 Å². The Hall–Kier alpha value is -1.84. The highest BCUT2D eigenvalue weighted by Gasteiger charge is 2.63. The van der Waals surface area contributed by atoms with E-state index in [1.807, 2.05) is 26.0 Å². The van der Waals surface area contributed by atoms with Crippen molar-refractivity contribution in [1.29, 1.82) is 0 Å². The standard InChI is InChI=1S/C17H19NO3/c1-8-3-9(2)5-11(4-8)18-16(19)14-10-6-12-13(7-10)21-17(20)15(12)14/h3-5,10,12-15H,6-7H2,1-2H3,(H,18,19)/t10-,12+,13-,14-,15-/m1/s1. The molecule has 2 bridgehead atoms. The maximum atomic E-state index is 12.6. The molecule has 1 aromatic rings. The van der Waals surface area contributed by atoms with Gasteiger partial charge in [0.2, 0.25) is 5.91 Å². The van der Waals surface area contributed by atoms with E-state index < -0.39 is 0 Å². The van der Waals surface area contributed by atoms with Crippen LogP contribution in [0.1, 0.15) is 24.0 Å². The van der Waals surface area contributed by atoms with E-state index in [1.54, 1.807) is 0 Å². The number of nitrogens with one attached hydrogen (secondary N) is 1. The highest BCUT2D eigenvalue weighted by atomic mass is 16.6. The van der Waals surface area contributed by atoms with Gasteiger partial charge in [-0.15, -0.1) is 0 Å². The fourth-order valence-electron chi connectivity index (χ4n) is 4.64. The van der Waals surface area contributed by atoms with Crippen LogP contribution in [-0.2, 0) is 14.3 Å². The van der Waals surface area contributed by atoms with Gasteiger partial charge in [-0.05, 0) is 55.9 Å². The minimum atomic E-state index is -0.209. The molecule has 4 heteroatoms. The Bertz CT molecular complexity index is 617. The van der Waals surface area contributed by atoms with Crippen LogP contribution in [0.3, 0.4) is 0 Å². The average Bonchev–Trinajstić information content (AvgIpc) is 2.97. The van der Waals surface area contributed by atoms with Gasteiger partial charge in [0, 0.05) is 11.6 Å². The topological polar surface area (TPSA) is 55.4 Å². The number of hydrogen-bond donors (Lipinski definition) is 1. The van der Waals surface area contributed by atoms with Gasteiger partial charge in [0.05, 0.1) is 11.8 Å². The second-order valence-electron chi connectivity index (χ2n) is 6.79. The summed E-state index contributed by atoms with van der Waals surface area (Å²) in [6, 6.07) is 6.01. The van der Waals surface area contributed by atoms with Crippen LogP contribution in [0.4, 0.5) is 5.69 Å². The van der Waals surface area contributed by atoms with E-state index in [0.717, 1.165) is 29.7 Å². The third-order valence-corrected chi connectivity index (χ3v) is 5.28. The van der Waals surface area contributed by atoms with Gasteiger partial charge < -0.3 is 10.1 Å². The Balaban J connectivity index is 1.57. The molecule has 2 aliphatic carbocycles. The molecule has 21 heavy (non-hydrogen) atoms. The number of benzene rings is 1. The van der Waals surface area contributed by atoms with Gasteiger partial charge in [-0.1, -0.05) is 6.07 Å². The van der Waals surface area contributed by atoms with Crippen molar-refractivity contribution in [3.63, 3.8) is 0 Å². The maximum Gasteiger partial charge on any atom is 0.310 e. The third kappa shape index (κ3) is 1.88. The summed E-state index contributed by atoms with van der Waals surface area (Å²) < 4.78 is 5.39. The molecule has 4 rings (SSSR count). The van der Waals surface area contributed by atoms with Crippen LogP contribution < -0.4 is 5.32 Å². The van der Waals surface area contributed by atoms with Crippen molar-refractivity contribution >= 4 is 17.6 Å². The number of amides is 1. The highest BCUT2D eigenvalue weighted by Crippen LogP contribution is 2.57. The molecule has 2 saturated carbocycles. The first-order valence-corrected chi connectivity index (χ1v) is 7.62. The van der Waals surface area contributed by atoms with Gasteiger partial charge in [0.15, 0.2) is 0 Å². The number of aryl methyl sites for hydroxylation is 2. The van der Waals surface area contributed by atoms with E-state index in [9.17, 15) is 9.59 Å². The van der Waals surface area contributed by atoms with Gasteiger partial charge in [-0.2, -0.15) is 0 Å². The SMILES string of the molecule is Cc1cc(C)cc(NC(=O)[C@@H]2[C@@H]3C[C@@H]4[C@H]2C(=O)O[C@@H]4C3)c1. The van der Waals surface area contributed by atoms with Crippen molar-refractivity contribution in [3.05, 3.63) is 29.3 Å². The monoisotopic (exact) mass is 285 g/mol. The number of fused-ring (bicyclic) bond motifs is 1. The van der Waals surface area contributed by atoms with E-state index in [2.05, 4.69) is 11.4 Å². The molecule has 5 atom stereocenters. The lowest BCUT2D eigenvalue weighted by Gasteiger charge is -2.23. The lowest BCUT2D eigenvalue weighted by atomic mass is 9.79. The second-order valence-corrected chi connectivity index (χ2v) is 6.79. The normalized spacial score (nSPS) is 35.9. The van der Waals surface area contributed by atoms with Crippen LogP contribution in [0.5, 0.6) is 0 Å². The fourth-order valence-corrected chi connectivity index (χ4v) is 4.64. The van der Waals surface area contributed by atoms with Gasteiger partial charge in [0.1, 0.15) is 6.10 Å². The minimum Gasteiger partial charge on any atom is -0.462 e. The van der Waals surface area contributed by atoms with Crippen molar-refractivity contribution in [2.45, 2.75) is 32.8 Å². The molecule has 0 spiro atoms. The smallest absolute Gasteiger partial charge is 0.310 e. The van der Waals surface area contributed by atoms with Crippen LogP contribution >= 0.6 is 0 Å². The van der Waals surface area contributed by atoms with E-state index in [-0.39, 0.29) is 35.7 Å². The number of hydrogen-bond acceptors (Lipinski definition) is 3. The van der Waals surface area contributed by atoms with E-state index in [0.29, 0.717) is 5.92 Å². The van der Waals surface area contributed by atoms with Crippen LogP contribution in [-0.4, -0.2) is 18.0 Å². The first-order valence-electron chi connectivity index (χ1n) is 7.62. The maximum absolute atomic E-state index is 12.6. The molecule has 3 aliphatic rings. The first-order chi connectivity index (χ1) is 10.0. The van der Waals surface area contributed by atoms with Gasteiger partial charge in [0.25, 0.3) is 0 Å². The minimum absolute atomic E-state index is 0.0187. The summed E-state index contributed by atoms with van der Waals surface area (Å²) in [5, 5.41) is 3.01. The zero-order valence-electron chi connectivity index (χ0n) is 12.3. The Labute approximate surface area is 123 Å². The third-order valence-electron chi connectivity index (χ3n) is 5.28. The summed E-state index contributed by atoms with van der Waals surface area (Å²) in [5.41, 5.74) is 3.07. The number of rotatable bonds is 2. The predicted molar refractivity (Wildman–Crippen MR) is 77.6 cm³/mol. The Morgan fingerprint density at radius 2 is 1.90 bits per heavy atom. The zero-order chi connectivity index (χ0) is 14.7. The Morgan fingerprint density at radius 1 is 1.19 bits per heavy atom. The molecule has 110 valence electrons. The lowest BCUT2D eigenvalue weighted by Crippen LogP contribution is -2.35. The molecule has 1 aliphatic heterocycles. The second kappa shape index (κ2) is 4.33. The molecule has 0 aromatic heterocycles. The average molecular weight is 285 g/mol. The van der Waals surface area contributed by atoms with E-state index >= 15 is 0 Å². The van der Waals surface area contributed by atoms with Crippen molar-refractivity contribution in [2.24, 2.45) is 23.7 Å². The number of ether oxygens (including phenoxy) is 1. The first kappa shape index (κ1) is 12.9. The van der Waals surface area contributed by atoms with Gasteiger partial charge in [-0.3, -0.25) is 9.59 Å². The lowest BCUT2D eigenvalue weighted by molar-refractivity contribution is -0.145. The summed E-state index contributed by atoms with van der Waals surface area (Å²) in [4.78, 5) is 24.6. The van der Waals surface area contributed by atoms with Crippen molar-refractivity contribution in [2.75, 3.05) is 5.32 Å². The fraction of sp³-hybridized carbons (Fsp3) is 0.529. The molecular weight excluding hydrogens is 266 g/mol. The summed E-state index contributed by atoms with van der Waals surface area (Å²) in [6.07, 6.45) is 1.90. The zero-order valence-corrected chi connectivity index (χ0v) is 12.3. The molecule has 0 radical (unpaired) electrons.